The lowest BCUT2D eigenvalue weighted by Crippen LogP contribution is -2.25. The van der Waals surface area contributed by atoms with Gasteiger partial charge in [-0.25, -0.2) is 8.42 Å². The van der Waals surface area contributed by atoms with E-state index in [4.69, 9.17) is 0 Å². The second kappa shape index (κ2) is 6.04. The first-order valence-electron chi connectivity index (χ1n) is 7.45. The van der Waals surface area contributed by atoms with Gasteiger partial charge in [-0.2, -0.15) is 0 Å². The molecule has 0 radical (unpaired) electrons. The molecule has 2 aromatic carbocycles. The van der Waals surface area contributed by atoms with Crippen LogP contribution < -0.4 is 9.62 Å². The van der Waals surface area contributed by atoms with Gasteiger partial charge in [-0.3, -0.25) is 9.10 Å². The van der Waals surface area contributed by atoms with Gasteiger partial charge in [0.25, 0.3) is 5.91 Å². The number of carbonyl (C=O) groups is 1. The third-order valence-corrected chi connectivity index (χ3v) is 5.75. The Bertz CT molecular complexity index is 846. The predicted molar refractivity (Wildman–Crippen MR) is 91.3 cm³/mol. The molecule has 0 aliphatic carbocycles. The van der Waals surface area contributed by atoms with Crippen LogP contribution in [0.1, 0.15) is 22.3 Å². The van der Waals surface area contributed by atoms with Gasteiger partial charge in [0.1, 0.15) is 0 Å². The lowest BCUT2D eigenvalue weighted by Gasteiger charge is -2.18. The smallest absolute Gasteiger partial charge is 0.255 e. The molecule has 1 aliphatic rings. The molecule has 1 saturated heterocycles. The van der Waals surface area contributed by atoms with E-state index < -0.39 is 10.0 Å². The zero-order valence-corrected chi connectivity index (χ0v) is 13.6. The highest BCUT2D eigenvalue weighted by Crippen LogP contribution is 2.26. The van der Waals surface area contributed by atoms with Crippen molar-refractivity contribution in [2.45, 2.75) is 13.3 Å². The first kappa shape index (κ1) is 15.6. The number of anilines is 2. The molecule has 120 valence electrons. The zero-order valence-electron chi connectivity index (χ0n) is 12.8. The standard InChI is InChI=1S/C17H18N2O3S/c1-13-6-2-3-9-16(13)17(20)18-14-7-4-8-15(12-14)19-10-5-11-23(19,21)22/h2-4,6-9,12H,5,10-11H2,1H3,(H,18,20). The highest BCUT2D eigenvalue weighted by atomic mass is 32.2. The molecule has 3 rings (SSSR count). The Hall–Kier alpha value is -2.34. The Morgan fingerprint density at radius 3 is 2.61 bits per heavy atom. The number of nitrogens with one attached hydrogen (secondary N) is 1. The number of benzene rings is 2. The van der Waals surface area contributed by atoms with Crippen LogP contribution in [0.4, 0.5) is 11.4 Å². The molecule has 6 heteroatoms. The van der Waals surface area contributed by atoms with Gasteiger partial charge in [0, 0.05) is 17.8 Å². The van der Waals surface area contributed by atoms with Crippen LogP contribution >= 0.6 is 0 Å². The van der Waals surface area contributed by atoms with Gasteiger partial charge in [0.15, 0.2) is 0 Å². The maximum Gasteiger partial charge on any atom is 0.255 e. The summed E-state index contributed by atoms with van der Waals surface area (Å²) in [6.07, 6.45) is 0.627. The molecule has 1 heterocycles. The van der Waals surface area contributed by atoms with E-state index in [1.807, 2.05) is 25.1 Å². The van der Waals surface area contributed by atoms with Gasteiger partial charge in [-0.15, -0.1) is 0 Å². The first-order valence-corrected chi connectivity index (χ1v) is 9.06. The molecule has 0 saturated carbocycles. The number of hydrogen-bond donors (Lipinski definition) is 1. The number of nitrogens with zero attached hydrogens (tertiary/aromatic N) is 1. The number of rotatable bonds is 3. The van der Waals surface area contributed by atoms with Crippen LogP contribution in [0.2, 0.25) is 0 Å². The zero-order chi connectivity index (χ0) is 16.4. The highest BCUT2D eigenvalue weighted by Gasteiger charge is 2.28. The summed E-state index contributed by atoms with van der Waals surface area (Å²) >= 11 is 0. The van der Waals surface area contributed by atoms with Crippen LogP contribution in [0.25, 0.3) is 0 Å². The molecule has 1 N–H and O–H groups in total. The number of hydrogen-bond acceptors (Lipinski definition) is 3. The maximum absolute atomic E-state index is 12.4. The summed E-state index contributed by atoms with van der Waals surface area (Å²) < 4.78 is 25.4. The minimum absolute atomic E-state index is 0.173. The Labute approximate surface area is 136 Å². The molecular weight excluding hydrogens is 312 g/mol. The van der Waals surface area contributed by atoms with E-state index in [9.17, 15) is 13.2 Å². The molecule has 0 unspecified atom stereocenters. The van der Waals surface area contributed by atoms with Crippen LogP contribution in [0.5, 0.6) is 0 Å². The van der Waals surface area contributed by atoms with E-state index >= 15 is 0 Å². The van der Waals surface area contributed by atoms with Crippen molar-refractivity contribution in [2.24, 2.45) is 0 Å². The molecule has 2 aromatic rings. The average Bonchev–Trinajstić information content (AvgIpc) is 2.87. The van der Waals surface area contributed by atoms with Crippen LogP contribution in [0.3, 0.4) is 0 Å². The summed E-state index contributed by atoms with van der Waals surface area (Å²) in [4.78, 5) is 12.4. The van der Waals surface area contributed by atoms with Crippen molar-refractivity contribution in [3.63, 3.8) is 0 Å². The van der Waals surface area contributed by atoms with E-state index in [2.05, 4.69) is 5.32 Å². The summed E-state index contributed by atoms with van der Waals surface area (Å²) in [5, 5.41) is 2.83. The fraction of sp³-hybridized carbons (Fsp3) is 0.235. The van der Waals surface area contributed by atoms with E-state index in [0.717, 1.165) is 5.56 Å². The minimum Gasteiger partial charge on any atom is -0.322 e. The lowest BCUT2D eigenvalue weighted by atomic mass is 10.1. The van der Waals surface area contributed by atoms with Gasteiger partial charge in [-0.1, -0.05) is 24.3 Å². The second-order valence-electron chi connectivity index (χ2n) is 5.56. The van der Waals surface area contributed by atoms with Crippen molar-refractivity contribution in [3.8, 4) is 0 Å². The van der Waals surface area contributed by atoms with Crippen LogP contribution in [-0.2, 0) is 10.0 Å². The van der Waals surface area contributed by atoms with Crippen LogP contribution in [-0.4, -0.2) is 26.6 Å². The van der Waals surface area contributed by atoms with E-state index in [-0.39, 0.29) is 11.7 Å². The molecule has 0 atom stereocenters. The summed E-state index contributed by atoms with van der Waals surface area (Å²) in [6, 6.07) is 14.3. The summed E-state index contributed by atoms with van der Waals surface area (Å²) in [6.45, 7) is 2.36. The van der Waals surface area contributed by atoms with E-state index in [1.165, 1.54) is 4.31 Å². The fourth-order valence-corrected chi connectivity index (χ4v) is 4.25. The lowest BCUT2D eigenvalue weighted by molar-refractivity contribution is 0.102. The van der Waals surface area contributed by atoms with E-state index in [1.54, 1.807) is 30.3 Å². The van der Waals surface area contributed by atoms with Gasteiger partial charge in [0.05, 0.1) is 11.4 Å². The van der Waals surface area contributed by atoms with Gasteiger partial charge in [0.2, 0.25) is 10.0 Å². The van der Waals surface area contributed by atoms with Crippen molar-refractivity contribution < 1.29 is 13.2 Å². The summed E-state index contributed by atoms with van der Waals surface area (Å²) in [5.74, 6) is -0.0307. The molecule has 23 heavy (non-hydrogen) atoms. The van der Waals surface area contributed by atoms with Crippen LogP contribution in [0.15, 0.2) is 48.5 Å². The number of amides is 1. The van der Waals surface area contributed by atoms with Gasteiger partial charge >= 0.3 is 0 Å². The van der Waals surface area contributed by atoms with Crippen molar-refractivity contribution in [3.05, 3.63) is 59.7 Å². The first-order chi connectivity index (χ1) is 11.0. The third-order valence-electron chi connectivity index (χ3n) is 3.88. The van der Waals surface area contributed by atoms with Gasteiger partial charge < -0.3 is 5.32 Å². The third kappa shape index (κ3) is 3.22. The Morgan fingerprint density at radius 2 is 1.91 bits per heavy atom. The molecule has 0 aromatic heterocycles. The SMILES string of the molecule is Cc1ccccc1C(=O)Nc1cccc(N2CCCS2(=O)=O)c1. The summed E-state index contributed by atoms with van der Waals surface area (Å²) in [5.41, 5.74) is 2.66. The molecule has 0 bridgehead atoms. The van der Waals surface area contributed by atoms with Crippen molar-refractivity contribution in [1.29, 1.82) is 0 Å². The summed E-state index contributed by atoms with van der Waals surface area (Å²) in [7, 11) is -3.22. The Morgan fingerprint density at radius 1 is 1.13 bits per heavy atom. The molecule has 0 spiro atoms. The van der Waals surface area contributed by atoms with Crippen molar-refractivity contribution >= 4 is 27.3 Å². The van der Waals surface area contributed by atoms with Crippen LogP contribution in [0, 0.1) is 6.92 Å². The monoisotopic (exact) mass is 330 g/mol. The van der Waals surface area contributed by atoms with Gasteiger partial charge in [-0.05, 0) is 43.2 Å². The average molecular weight is 330 g/mol. The highest BCUT2D eigenvalue weighted by molar-refractivity contribution is 7.93. The number of aryl methyl sites for hydroxylation is 1. The minimum atomic E-state index is -3.22. The molecular formula is C17H18N2O3S. The maximum atomic E-state index is 12.4. The van der Waals surface area contributed by atoms with Crippen molar-refractivity contribution in [1.82, 2.24) is 0 Å². The number of sulfonamides is 1. The Kier molecular flexibility index (Phi) is 4.09. The quantitative estimate of drug-likeness (QED) is 0.941. The topological polar surface area (TPSA) is 66.5 Å². The molecule has 1 fully saturated rings. The largest absolute Gasteiger partial charge is 0.322 e. The Balaban J connectivity index is 1.84. The number of carbonyl (C=O) groups excluding carboxylic acids is 1. The normalized spacial score (nSPS) is 16.3. The predicted octanol–water partition coefficient (Wildman–Crippen LogP) is 2.79. The fourth-order valence-electron chi connectivity index (χ4n) is 2.69. The van der Waals surface area contributed by atoms with E-state index in [0.29, 0.717) is 29.9 Å². The second-order valence-corrected chi connectivity index (χ2v) is 7.57. The molecule has 5 nitrogen and oxygen atoms in total. The molecule has 1 amide bonds. The van der Waals surface area contributed by atoms with Crippen molar-refractivity contribution in [2.75, 3.05) is 21.9 Å². The molecule has 1 aliphatic heterocycles.